The topological polar surface area (TPSA) is 105 Å². The molecule has 0 bridgehead atoms. The Balaban J connectivity index is 2.14. The second-order valence-corrected chi connectivity index (χ2v) is 6.13. The number of nitrogens with zero attached hydrogens (tertiary/aromatic N) is 1. The van der Waals surface area contributed by atoms with Crippen LogP contribution in [0.5, 0.6) is 0 Å². The van der Waals surface area contributed by atoms with Gasteiger partial charge in [0.2, 0.25) is 11.8 Å². The fraction of sp³-hybridized carbons (Fsp3) is 0.471. The number of carbonyl (C=O) groups is 3. The van der Waals surface area contributed by atoms with Gasteiger partial charge in [-0.05, 0) is 36.1 Å². The van der Waals surface area contributed by atoms with E-state index in [4.69, 9.17) is 5.73 Å². The average molecular weight is 332 g/mol. The normalized spacial score (nSPS) is 15.4. The zero-order valence-electron chi connectivity index (χ0n) is 14.3. The number of hydrogen-bond acceptors (Lipinski definition) is 3. The second kappa shape index (κ2) is 7.33. The summed E-state index contributed by atoms with van der Waals surface area (Å²) in [6.07, 6.45) is 1.49. The van der Waals surface area contributed by atoms with Crippen LogP contribution in [0.4, 0.5) is 16.2 Å². The molecule has 4 amide bonds. The number of nitrogens with two attached hydrogens (primary N) is 1. The van der Waals surface area contributed by atoms with Crippen molar-refractivity contribution >= 4 is 29.2 Å². The van der Waals surface area contributed by atoms with E-state index in [0.717, 1.165) is 24.1 Å². The number of carbonyl (C=O) groups excluding carboxylic acids is 3. The second-order valence-electron chi connectivity index (χ2n) is 6.13. The molecule has 7 heteroatoms. The van der Waals surface area contributed by atoms with E-state index in [0.29, 0.717) is 12.2 Å². The van der Waals surface area contributed by atoms with Gasteiger partial charge in [0.25, 0.3) is 0 Å². The van der Waals surface area contributed by atoms with Gasteiger partial charge >= 0.3 is 6.03 Å². The smallest absolute Gasteiger partial charge is 0.312 e. The Morgan fingerprint density at radius 2 is 2.04 bits per heavy atom. The average Bonchev–Trinajstić information content (AvgIpc) is 2.94. The molecule has 0 spiro atoms. The lowest BCUT2D eigenvalue weighted by Gasteiger charge is -2.22. The fourth-order valence-electron chi connectivity index (χ4n) is 2.88. The van der Waals surface area contributed by atoms with Crippen molar-refractivity contribution in [1.82, 2.24) is 5.32 Å². The summed E-state index contributed by atoms with van der Waals surface area (Å²) in [4.78, 5) is 36.9. The summed E-state index contributed by atoms with van der Waals surface area (Å²) in [5.74, 6) is -0.335. The van der Waals surface area contributed by atoms with Crippen LogP contribution >= 0.6 is 0 Å². The molecule has 0 saturated heterocycles. The molecule has 7 nitrogen and oxygen atoms in total. The van der Waals surface area contributed by atoms with E-state index in [1.165, 1.54) is 6.92 Å². The zero-order chi connectivity index (χ0) is 17.9. The summed E-state index contributed by atoms with van der Waals surface area (Å²) in [5, 5.41) is 5.32. The van der Waals surface area contributed by atoms with E-state index in [2.05, 4.69) is 10.6 Å². The lowest BCUT2D eigenvalue weighted by molar-refractivity contribution is -0.119. The van der Waals surface area contributed by atoms with Gasteiger partial charge < -0.3 is 21.3 Å². The van der Waals surface area contributed by atoms with Gasteiger partial charge in [-0.3, -0.25) is 9.59 Å². The van der Waals surface area contributed by atoms with Gasteiger partial charge in [0.1, 0.15) is 6.04 Å². The molecule has 0 aliphatic carbocycles. The van der Waals surface area contributed by atoms with Crippen LogP contribution in [0.3, 0.4) is 0 Å². The molecule has 2 rings (SSSR count). The third-order valence-corrected chi connectivity index (χ3v) is 4.42. The van der Waals surface area contributed by atoms with Crippen LogP contribution in [0, 0.1) is 5.92 Å². The van der Waals surface area contributed by atoms with Crippen molar-refractivity contribution < 1.29 is 14.4 Å². The van der Waals surface area contributed by atoms with Crippen molar-refractivity contribution in [2.75, 3.05) is 16.8 Å². The Labute approximate surface area is 141 Å². The van der Waals surface area contributed by atoms with Crippen LogP contribution < -0.4 is 21.3 Å². The van der Waals surface area contributed by atoms with Crippen LogP contribution in [0.1, 0.15) is 32.8 Å². The maximum absolute atomic E-state index is 12.5. The minimum atomic E-state index is -0.721. The molecular formula is C17H24N4O3. The first kappa shape index (κ1) is 17.8. The molecule has 0 fully saturated rings. The minimum Gasteiger partial charge on any atom is -0.352 e. The highest BCUT2D eigenvalue weighted by Gasteiger charge is 2.26. The predicted molar refractivity (Wildman–Crippen MR) is 92.8 cm³/mol. The van der Waals surface area contributed by atoms with Crippen molar-refractivity contribution in [2.45, 2.75) is 39.7 Å². The van der Waals surface area contributed by atoms with Crippen LogP contribution in [-0.4, -0.2) is 30.4 Å². The first-order valence-electron chi connectivity index (χ1n) is 8.11. The molecule has 130 valence electrons. The van der Waals surface area contributed by atoms with E-state index in [9.17, 15) is 14.4 Å². The number of anilines is 2. The van der Waals surface area contributed by atoms with Crippen LogP contribution in [0.2, 0.25) is 0 Å². The van der Waals surface area contributed by atoms with Crippen molar-refractivity contribution in [3.05, 3.63) is 23.8 Å². The number of urea groups is 1. The number of hydrogen-bond donors (Lipinski definition) is 3. The Bertz CT molecular complexity index is 659. The number of primary amides is 1. The molecule has 24 heavy (non-hydrogen) atoms. The highest BCUT2D eigenvalue weighted by molar-refractivity contribution is 5.98. The van der Waals surface area contributed by atoms with E-state index in [-0.39, 0.29) is 17.7 Å². The van der Waals surface area contributed by atoms with E-state index < -0.39 is 12.1 Å². The zero-order valence-corrected chi connectivity index (χ0v) is 14.3. The standard InChI is InChI=1S/C17H24N4O3/c1-4-10(2)15(20-17(18)24)16(23)19-13-5-6-14-12(9-13)7-8-21(14)11(3)22/h5-6,9-10,15H,4,7-8H2,1-3H3,(H,19,23)(H3,18,20,24)/t10-,15-/m1/s1. The van der Waals surface area contributed by atoms with Gasteiger partial charge in [-0.2, -0.15) is 0 Å². The molecule has 0 unspecified atom stereocenters. The number of fused-ring (bicyclic) bond motifs is 1. The highest BCUT2D eigenvalue weighted by atomic mass is 16.2. The molecule has 0 radical (unpaired) electrons. The highest BCUT2D eigenvalue weighted by Crippen LogP contribution is 2.30. The van der Waals surface area contributed by atoms with Crippen LogP contribution in [-0.2, 0) is 16.0 Å². The summed E-state index contributed by atoms with van der Waals surface area (Å²) in [6, 6.07) is 4.05. The Hall–Kier alpha value is -2.57. The summed E-state index contributed by atoms with van der Waals surface area (Å²) >= 11 is 0. The number of nitrogens with one attached hydrogen (secondary N) is 2. The van der Waals surface area contributed by atoms with Crippen LogP contribution in [0.25, 0.3) is 0 Å². The Morgan fingerprint density at radius 1 is 1.33 bits per heavy atom. The summed E-state index contributed by atoms with van der Waals surface area (Å²) in [6.45, 7) is 6.02. The van der Waals surface area contributed by atoms with E-state index in [1.807, 2.05) is 26.0 Å². The molecular weight excluding hydrogens is 308 g/mol. The maximum atomic E-state index is 12.5. The van der Waals surface area contributed by atoms with Crippen molar-refractivity contribution in [3.8, 4) is 0 Å². The molecule has 0 saturated carbocycles. The van der Waals surface area contributed by atoms with Crippen LogP contribution in [0.15, 0.2) is 18.2 Å². The Kier molecular flexibility index (Phi) is 5.43. The first-order valence-corrected chi connectivity index (χ1v) is 8.11. The fourth-order valence-corrected chi connectivity index (χ4v) is 2.88. The summed E-state index contributed by atoms with van der Waals surface area (Å²) in [5.41, 5.74) is 7.71. The predicted octanol–water partition coefficient (Wildman–Crippen LogP) is 1.62. The molecule has 1 heterocycles. The third-order valence-electron chi connectivity index (χ3n) is 4.42. The molecule has 2 atom stereocenters. The summed E-state index contributed by atoms with van der Waals surface area (Å²) < 4.78 is 0. The number of rotatable bonds is 5. The molecule has 4 N–H and O–H groups in total. The molecule has 0 aromatic heterocycles. The maximum Gasteiger partial charge on any atom is 0.312 e. The number of amides is 4. The first-order chi connectivity index (χ1) is 11.3. The quantitative estimate of drug-likeness (QED) is 0.763. The largest absolute Gasteiger partial charge is 0.352 e. The van der Waals surface area contributed by atoms with E-state index >= 15 is 0 Å². The lowest BCUT2D eigenvalue weighted by Crippen LogP contribution is -2.49. The minimum absolute atomic E-state index is 0.00743. The Morgan fingerprint density at radius 3 is 2.62 bits per heavy atom. The van der Waals surface area contributed by atoms with Gasteiger partial charge in [0.05, 0.1) is 0 Å². The van der Waals surface area contributed by atoms with Crippen molar-refractivity contribution in [2.24, 2.45) is 11.7 Å². The van der Waals surface area contributed by atoms with Crippen molar-refractivity contribution in [1.29, 1.82) is 0 Å². The van der Waals surface area contributed by atoms with Crippen molar-refractivity contribution in [3.63, 3.8) is 0 Å². The number of benzene rings is 1. The molecule has 1 aromatic carbocycles. The molecule has 1 aliphatic rings. The monoisotopic (exact) mass is 332 g/mol. The van der Waals surface area contributed by atoms with E-state index in [1.54, 1.807) is 11.0 Å². The molecule has 1 aromatic rings. The lowest BCUT2D eigenvalue weighted by atomic mass is 9.98. The van der Waals surface area contributed by atoms with Gasteiger partial charge in [-0.25, -0.2) is 4.79 Å². The molecule has 1 aliphatic heterocycles. The SMILES string of the molecule is CC[C@@H](C)[C@@H](NC(N)=O)C(=O)Nc1ccc2c(c1)CCN2C(C)=O. The van der Waals surface area contributed by atoms with Gasteiger partial charge in [-0.15, -0.1) is 0 Å². The van der Waals surface area contributed by atoms with Gasteiger partial charge in [-0.1, -0.05) is 20.3 Å². The third kappa shape index (κ3) is 3.84. The van der Waals surface area contributed by atoms with Gasteiger partial charge in [0, 0.05) is 24.8 Å². The van der Waals surface area contributed by atoms with Gasteiger partial charge in [0.15, 0.2) is 0 Å². The summed E-state index contributed by atoms with van der Waals surface area (Å²) in [7, 11) is 0.